The zero-order valence-electron chi connectivity index (χ0n) is 17.4. The Morgan fingerprint density at radius 2 is 1.97 bits per heavy atom. The number of nitrogens with one attached hydrogen (secondary N) is 2. The number of aromatic amines is 1. The number of benzene rings is 1. The molecule has 0 aliphatic heterocycles. The summed E-state index contributed by atoms with van der Waals surface area (Å²) in [5, 5.41) is 3.32. The summed E-state index contributed by atoms with van der Waals surface area (Å²) < 4.78 is 15.7. The average Bonchev–Trinajstić information content (AvgIpc) is 3.22. The first-order valence-electron chi connectivity index (χ1n) is 10.1. The minimum atomic E-state index is -0.411. The van der Waals surface area contributed by atoms with Crippen molar-refractivity contribution in [1.82, 2.24) is 24.3 Å². The maximum atomic E-state index is 14.1. The normalized spacial score (nSPS) is 12.3. The molecule has 1 atom stereocenters. The highest BCUT2D eigenvalue weighted by molar-refractivity contribution is 5.84. The van der Waals surface area contributed by atoms with Gasteiger partial charge in [-0.25, -0.2) is 9.37 Å². The molecule has 9 heteroatoms. The molecule has 5 aromatic rings. The summed E-state index contributed by atoms with van der Waals surface area (Å²) in [5.74, 6) is 0.136. The molecule has 0 saturated heterocycles. The highest BCUT2D eigenvalue weighted by Gasteiger charge is 2.20. The minimum absolute atomic E-state index is 0.0823. The van der Waals surface area contributed by atoms with Crippen LogP contribution in [0, 0.1) is 12.7 Å². The molecular formula is C23H20FN7O. The van der Waals surface area contributed by atoms with Gasteiger partial charge in [0.15, 0.2) is 11.5 Å². The lowest BCUT2D eigenvalue weighted by molar-refractivity contribution is 0.628. The molecule has 0 aliphatic rings. The Morgan fingerprint density at radius 3 is 2.78 bits per heavy atom. The van der Waals surface area contributed by atoms with Gasteiger partial charge in [0.2, 0.25) is 5.95 Å². The Bertz CT molecular complexity index is 1540. The number of anilines is 2. The summed E-state index contributed by atoms with van der Waals surface area (Å²) in [5.41, 5.74) is 9.82. The molecule has 0 unspecified atom stereocenters. The maximum Gasteiger partial charge on any atom is 0.263 e. The van der Waals surface area contributed by atoms with Crippen LogP contribution in [0.25, 0.3) is 27.8 Å². The van der Waals surface area contributed by atoms with Gasteiger partial charge in [-0.3, -0.25) is 9.20 Å². The third kappa shape index (κ3) is 3.24. The summed E-state index contributed by atoms with van der Waals surface area (Å²) in [6, 6.07) is 13.2. The minimum Gasteiger partial charge on any atom is -0.368 e. The fourth-order valence-corrected chi connectivity index (χ4v) is 4.01. The molecule has 0 bridgehead atoms. The van der Waals surface area contributed by atoms with Gasteiger partial charge in [-0.2, -0.15) is 9.97 Å². The summed E-state index contributed by atoms with van der Waals surface area (Å²) >= 11 is 0. The second-order valence-electron chi connectivity index (χ2n) is 7.62. The van der Waals surface area contributed by atoms with Crippen LogP contribution in [0.2, 0.25) is 0 Å². The number of aromatic nitrogens is 5. The monoisotopic (exact) mass is 429 g/mol. The number of nitrogens with two attached hydrogens (primary N) is 1. The van der Waals surface area contributed by atoms with Crippen molar-refractivity contribution in [1.29, 1.82) is 0 Å². The van der Waals surface area contributed by atoms with Gasteiger partial charge >= 0.3 is 0 Å². The van der Waals surface area contributed by atoms with Crippen LogP contribution in [-0.4, -0.2) is 24.3 Å². The topological polar surface area (TPSA) is 114 Å². The van der Waals surface area contributed by atoms with E-state index in [1.807, 2.05) is 38.1 Å². The number of fused-ring (bicyclic) bond motifs is 2. The smallest absolute Gasteiger partial charge is 0.263 e. The molecule has 0 saturated carbocycles. The zero-order valence-corrected chi connectivity index (χ0v) is 17.4. The van der Waals surface area contributed by atoms with Gasteiger partial charge in [0.25, 0.3) is 5.56 Å². The van der Waals surface area contributed by atoms with Gasteiger partial charge in [-0.1, -0.05) is 18.2 Å². The van der Waals surface area contributed by atoms with Gasteiger partial charge in [0, 0.05) is 11.2 Å². The van der Waals surface area contributed by atoms with Crippen molar-refractivity contribution in [2.75, 3.05) is 11.1 Å². The molecule has 32 heavy (non-hydrogen) atoms. The Kier molecular flexibility index (Phi) is 4.58. The van der Waals surface area contributed by atoms with E-state index >= 15 is 0 Å². The van der Waals surface area contributed by atoms with Gasteiger partial charge in [-0.05, 0) is 55.3 Å². The fraction of sp³-hybridized carbons (Fsp3) is 0.130. The summed E-state index contributed by atoms with van der Waals surface area (Å²) in [6.07, 6.45) is 1.51. The molecule has 1 aromatic carbocycles. The van der Waals surface area contributed by atoms with Crippen LogP contribution in [0.1, 0.15) is 24.2 Å². The van der Waals surface area contributed by atoms with E-state index < -0.39 is 5.82 Å². The molecule has 4 N–H and O–H groups in total. The summed E-state index contributed by atoms with van der Waals surface area (Å²) in [4.78, 5) is 29.2. The predicted octanol–water partition coefficient (Wildman–Crippen LogP) is 3.84. The molecule has 0 amide bonds. The first kappa shape index (κ1) is 19.7. The van der Waals surface area contributed by atoms with E-state index in [4.69, 9.17) is 5.73 Å². The van der Waals surface area contributed by atoms with E-state index in [-0.39, 0.29) is 17.5 Å². The Hall–Kier alpha value is -4.27. The summed E-state index contributed by atoms with van der Waals surface area (Å²) in [7, 11) is 0. The number of imidazole rings is 1. The van der Waals surface area contributed by atoms with Crippen molar-refractivity contribution in [2.45, 2.75) is 19.9 Å². The average molecular weight is 429 g/mol. The lowest BCUT2D eigenvalue weighted by Gasteiger charge is -2.20. The molecule has 4 aromatic heterocycles. The van der Waals surface area contributed by atoms with E-state index in [0.717, 1.165) is 11.2 Å². The second kappa shape index (κ2) is 7.45. The Balaban J connectivity index is 1.72. The van der Waals surface area contributed by atoms with Gasteiger partial charge in [-0.15, -0.1) is 0 Å². The van der Waals surface area contributed by atoms with E-state index in [1.165, 1.54) is 18.5 Å². The number of nitrogens with zero attached hydrogens (tertiary/aromatic N) is 4. The predicted molar refractivity (Wildman–Crippen MR) is 122 cm³/mol. The second-order valence-corrected chi connectivity index (χ2v) is 7.62. The van der Waals surface area contributed by atoms with Crippen LogP contribution in [0.15, 0.2) is 59.7 Å². The van der Waals surface area contributed by atoms with E-state index in [2.05, 4.69) is 25.3 Å². The lowest BCUT2D eigenvalue weighted by Crippen LogP contribution is -2.22. The maximum absolute atomic E-state index is 14.1. The van der Waals surface area contributed by atoms with Crippen molar-refractivity contribution < 1.29 is 4.39 Å². The number of halogens is 1. The molecule has 4 heterocycles. The van der Waals surface area contributed by atoms with E-state index in [1.54, 1.807) is 16.5 Å². The molecular weight excluding hydrogens is 409 g/mol. The van der Waals surface area contributed by atoms with Crippen LogP contribution >= 0.6 is 0 Å². The first-order chi connectivity index (χ1) is 15.4. The number of rotatable bonds is 4. The van der Waals surface area contributed by atoms with E-state index in [9.17, 15) is 9.18 Å². The molecule has 0 aliphatic carbocycles. The van der Waals surface area contributed by atoms with Crippen molar-refractivity contribution in [3.05, 3.63) is 82.3 Å². The number of H-pyrrole nitrogens is 1. The lowest BCUT2D eigenvalue weighted by atomic mass is 9.96. The molecule has 160 valence electrons. The van der Waals surface area contributed by atoms with Crippen molar-refractivity contribution in [3.63, 3.8) is 0 Å². The number of hydrogen-bond acceptors (Lipinski definition) is 6. The van der Waals surface area contributed by atoms with Gasteiger partial charge in [0.1, 0.15) is 11.3 Å². The standard InChI is InChI=1S/C23H20FN7O/c1-12-5-3-8-16-10-17(18(22(32)31(12)16)14-6-4-7-15(24)9-14)13(2)28-21-19-20(27-11-26-19)29-23(25)30-21/h3-11,13H,1-2H3,(H4,25,26,27,28,29,30)/t13-/m1/s1. The molecule has 0 fully saturated rings. The van der Waals surface area contributed by atoms with E-state index in [0.29, 0.717) is 33.7 Å². The van der Waals surface area contributed by atoms with Crippen LogP contribution < -0.4 is 16.6 Å². The SMILES string of the molecule is Cc1cccc2cc([C@@H](C)Nc3nc(N)nc4nc[nH]c34)c(-c3cccc(F)c3)c(=O)n12. The van der Waals surface area contributed by atoms with Crippen LogP contribution in [0.3, 0.4) is 0 Å². The van der Waals surface area contributed by atoms with Crippen molar-refractivity contribution in [2.24, 2.45) is 0 Å². The molecule has 0 spiro atoms. The van der Waals surface area contributed by atoms with Crippen LogP contribution in [0.5, 0.6) is 0 Å². The molecule has 8 nitrogen and oxygen atoms in total. The highest BCUT2D eigenvalue weighted by Crippen LogP contribution is 2.30. The first-order valence-corrected chi connectivity index (χ1v) is 10.1. The van der Waals surface area contributed by atoms with Crippen molar-refractivity contribution in [3.8, 4) is 11.1 Å². The quantitative estimate of drug-likeness (QED) is 0.400. The Labute approximate surface area is 182 Å². The van der Waals surface area contributed by atoms with Crippen LogP contribution in [0.4, 0.5) is 16.2 Å². The number of hydrogen-bond donors (Lipinski definition) is 3. The molecule has 0 radical (unpaired) electrons. The third-order valence-corrected chi connectivity index (χ3v) is 5.46. The third-order valence-electron chi connectivity index (χ3n) is 5.46. The number of nitrogen functional groups attached to an aromatic ring is 1. The largest absolute Gasteiger partial charge is 0.368 e. The van der Waals surface area contributed by atoms with Crippen molar-refractivity contribution >= 4 is 28.4 Å². The number of aryl methyl sites for hydroxylation is 1. The fourth-order valence-electron chi connectivity index (χ4n) is 4.01. The highest BCUT2D eigenvalue weighted by atomic mass is 19.1. The summed E-state index contributed by atoms with van der Waals surface area (Å²) in [6.45, 7) is 3.77. The van der Waals surface area contributed by atoms with Gasteiger partial charge in [0.05, 0.1) is 17.9 Å². The van der Waals surface area contributed by atoms with Crippen LogP contribution in [-0.2, 0) is 0 Å². The Morgan fingerprint density at radius 1 is 1.16 bits per heavy atom. The molecule has 5 rings (SSSR count). The van der Waals surface area contributed by atoms with Gasteiger partial charge < -0.3 is 16.0 Å². The number of pyridine rings is 2. The zero-order chi connectivity index (χ0) is 22.4.